The number of hydrogen-bond acceptors (Lipinski definition) is 7. The fourth-order valence-corrected chi connectivity index (χ4v) is 4.60. The maximum atomic E-state index is 11.9. The molecule has 2 heterocycles. The minimum Gasteiger partial charge on any atom is -0.493 e. The zero-order valence-electron chi connectivity index (χ0n) is 19.9. The van der Waals surface area contributed by atoms with Gasteiger partial charge in [-0.25, -0.2) is 14.2 Å². The zero-order valence-corrected chi connectivity index (χ0v) is 20.7. The Morgan fingerprint density at radius 2 is 1.94 bits per heavy atom. The molecule has 1 aromatic carbocycles. The van der Waals surface area contributed by atoms with Crippen molar-refractivity contribution in [2.75, 3.05) is 25.1 Å². The fourth-order valence-electron chi connectivity index (χ4n) is 4.01. The number of hydrogen-bond donors (Lipinski definition) is 2. The number of nitrogens with zero attached hydrogens (tertiary/aromatic N) is 2. The van der Waals surface area contributed by atoms with E-state index in [0.717, 1.165) is 24.3 Å². The highest BCUT2D eigenvalue weighted by Gasteiger charge is 2.42. The number of ether oxygens (including phenoxy) is 2. The molecule has 1 aliphatic rings. The normalized spacial score (nSPS) is 17.3. The first-order chi connectivity index (χ1) is 17.1. The SMILES string of the molecule is CCOc1cccc(C2CC2c2cc(C)ccc2OCCCNc2cccc(S(=O)NC=O)n2)n1. The number of benzene rings is 1. The zero-order chi connectivity index (χ0) is 24.6. The van der Waals surface area contributed by atoms with Gasteiger partial charge in [0, 0.05) is 24.2 Å². The molecular weight excluding hydrogens is 464 g/mol. The number of aromatic nitrogens is 2. The van der Waals surface area contributed by atoms with Crippen LogP contribution in [0.15, 0.2) is 59.6 Å². The van der Waals surface area contributed by atoms with E-state index in [0.29, 0.717) is 54.7 Å². The van der Waals surface area contributed by atoms with Crippen molar-refractivity contribution >= 4 is 23.2 Å². The van der Waals surface area contributed by atoms with E-state index in [1.165, 1.54) is 11.1 Å². The van der Waals surface area contributed by atoms with Crippen LogP contribution in [0.2, 0.25) is 0 Å². The van der Waals surface area contributed by atoms with Crippen LogP contribution in [0, 0.1) is 6.92 Å². The van der Waals surface area contributed by atoms with Gasteiger partial charge in [0.2, 0.25) is 12.3 Å². The van der Waals surface area contributed by atoms with Gasteiger partial charge in [0.05, 0.1) is 13.2 Å². The number of nitrogens with one attached hydrogen (secondary N) is 2. The van der Waals surface area contributed by atoms with Crippen LogP contribution < -0.4 is 19.5 Å². The molecule has 1 saturated carbocycles. The summed E-state index contributed by atoms with van der Waals surface area (Å²) in [6, 6.07) is 17.5. The molecule has 0 bridgehead atoms. The molecule has 0 spiro atoms. The maximum absolute atomic E-state index is 11.9. The van der Waals surface area contributed by atoms with Crippen LogP contribution in [0.5, 0.6) is 11.6 Å². The highest BCUT2D eigenvalue weighted by Crippen LogP contribution is 2.56. The minimum atomic E-state index is -1.66. The molecule has 184 valence electrons. The number of carbonyl (C=O) groups is 1. The van der Waals surface area contributed by atoms with Crippen molar-refractivity contribution in [2.45, 2.75) is 43.6 Å². The molecule has 8 nitrogen and oxygen atoms in total. The van der Waals surface area contributed by atoms with Gasteiger partial charge in [-0.05, 0) is 62.4 Å². The molecule has 0 saturated heterocycles. The Kier molecular flexibility index (Phi) is 8.31. The molecule has 3 unspecified atom stereocenters. The lowest BCUT2D eigenvalue weighted by molar-refractivity contribution is -0.108. The Morgan fingerprint density at radius 3 is 2.77 bits per heavy atom. The minimum absolute atomic E-state index is 0.294. The summed E-state index contributed by atoms with van der Waals surface area (Å²) in [7, 11) is -1.66. The molecule has 1 aliphatic carbocycles. The highest BCUT2D eigenvalue weighted by molar-refractivity contribution is 7.83. The summed E-state index contributed by atoms with van der Waals surface area (Å²) >= 11 is 0. The summed E-state index contributed by atoms with van der Waals surface area (Å²) in [5, 5.41) is 3.50. The van der Waals surface area contributed by atoms with Crippen molar-refractivity contribution in [1.82, 2.24) is 14.7 Å². The summed E-state index contributed by atoms with van der Waals surface area (Å²) in [5.74, 6) is 2.95. The molecular formula is C26H30N4O4S. The first-order valence-electron chi connectivity index (χ1n) is 11.7. The predicted octanol–water partition coefficient (Wildman–Crippen LogP) is 4.10. The third kappa shape index (κ3) is 6.57. The van der Waals surface area contributed by atoms with Gasteiger partial charge >= 0.3 is 0 Å². The highest BCUT2D eigenvalue weighted by atomic mass is 32.2. The van der Waals surface area contributed by atoms with Gasteiger partial charge in [-0.2, -0.15) is 0 Å². The topological polar surface area (TPSA) is 102 Å². The second-order valence-corrected chi connectivity index (χ2v) is 9.51. The molecule has 35 heavy (non-hydrogen) atoms. The second kappa shape index (κ2) is 11.8. The van der Waals surface area contributed by atoms with Gasteiger partial charge in [0.15, 0.2) is 16.0 Å². The van der Waals surface area contributed by atoms with Crippen LogP contribution in [0.3, 0.4) is 0 Å². The number of carbonyl (C=O) groups excluding carboxylic acids is 1. The fraction of sp³-hybridized carbons (Fsp3) is 0.346. The average molecular weight is 495 g/mol. The van der Waals surface area contributed by atoms with Crippen LogP contribution in [0.1, 0.15) is 48.4 Å². The molecule has 2 N–H and O–H groups in total. The van der Waals surface area contributed by atoms with Crippen molar-refractivity contribution in [1.29, 1.82) is 0 Å². The van der Waals surface area contributed by atoms with E-state index in [9.17, 15) is 9.00 Å². The van der Waals surface area contributed by atoms with Crippen molar-refractivity contribution in [3.05, 3.63) is 71.4 Å². The molecule has 9 heteroatoms. The summed E-state index contributed by atoms with van der Waals surface area (Å²) in [6.45, 7) is 5.86. The molecule has 2 aromatic heterocycles. The standard InChI is InChI=1S/C26H30N4O4S/c1-3-33-25-9-4-7-22(29-25)20-16-19(20)21-15-18(2)11-12-23(21)34-14-6-13-27-24-8-5-10-26(30-24)35(32)28-17-31/h4-5,7-12,15,17,19-20H,3,6,13-14,16H2,1-2H3,(H,27,30)(H,28,31). The number of aryl methyl sites for hydroxylation is 1. The average Bonchev–Trinajstić information content (AvgIpc) is 3.66. The Hall–Kier alpha value is -3.46. The molecule has 3 atom stereocenters. The number of anilines is 1. The third-order valence-electron chi connectivity index (χ3n) is 5.73. The van der Waals surface area contributed by atoms with Crippen LogP contribution >= 0.6 is 0 Å². The number of rotatable bonds is 13. The summed E-state index contributed by atoms with van der Waals surface area (Å²) in [4.78, 5) is 19.4. The maximum Gasteiger partial charge on any atom is 0.219 e. The Balaban J connectivity index is 1.31. The van der Waals surface area contributed by atoms with Crippen molar-refractivity contribution in [2.24, 2.45) is 0 Å². The van der Waals surface area contributed by atoms with Gasteiger partial charge in [0.1, 0.15) is 11.6 Å². The Morgan fingerprint density at radius 1 is 1.09 bits per heavy atom. The molecule has 4 rings (SSSR count). The van der Waals surface area contributed by atoms with Crippen LogP contribution in [0.25, 0.3) is 0 Å². The van der Waals surface area contributed by atoms with Crippen LogP contribution in [-0.4, -0.2) is 40.3 Å². The van der Waals surface area contributed by atoms with Crippen molar-refractivity contribution in [3.63, 3.8) is 0 Å². The lowest BCUT2D eigenvalue weighted by Gasteiger charge is -2.13. The number of pyridine rings is 2. The van der Waals surface area contributed by atoms with E-state index in [1.54, 1.807) is 18.2 Å². The quantitative estimate of drug-likeness (QED) is 0.272. The number of amides is 1. The smallest absolute Gasteiger partial charge is 0.219 e. The Labute approximate surface area is 208 Å². The van der Waals surface area contributed by atoms with E-state index in [-0.39, 0.29) is 0 Å². The lowest BCUT2D eigenvalue weighted by atomic mass is 10.0. The Bertz CT molecular complexity index is 1190. The molecule has 1 amide bonds. The molecule has 1 fully saturated rings. The molecule has 3 aromatic rings. The predicted molar refractivity (Wildman–Crippen MR) is 135 cm³/mol. The summed E-state index contributed by atoms with van der Waals surface area (Å²) in [6.07, 6.45) is 2.21. The van der Waals surface area contributed by atoms with Gasteiger partial charge in [0.25, 0.3) is 0 Å². The molecule has 0 aliphatic heterocycles. The van der Waals surface area contributed by atoms with E-state index >= 15 is 0 Å². The summed E-state index contributed by atoms with van der Waals surface area (Å²) in [5.41, 5.74) is 3.51. The summed E-state index contributed by atoms with van der Waals surface area (Å²) < 4.78 is 25.8. The van der Waals surface area contributed by atoms with Gasteiger partial charge in [-0.15, -0.1) is 0 Å². The first-order valence-corrected chi connectivity index (χ1v) is 12.9. The monoisotopic (exact) mass is 494 g/mol. The van der Waals surface area contributed by atoms with Crippen molar-refractivity contribution < 1.29 is 18.5 Å². The second-order valence-electron chi connectivity index (χ2n) is 8.32. The van der Waals surface area contributed by atoms with E-state index < -0.39 is 11.0 Å². The van der Waals surface area contributed by atoms with Crippen LogP contribution in [-0.2, 0) is 15.8 Å². The largest absolute Gasteiger partial charge is 0.493 e. The lowest BCUT2D eigenvalue weighted by Crippen LogP contribution is -2.16. The van der Waals surface area contributed by atoms with Gasteiger partial charge in [-0.1, -0.05) is 29.8 Å². The van der Waals surface area contributed by atoms with Crippen molar-refractivity contribution in [3.8, 4) is 11.6 Å². The first kappa shape index (κ1) is 24.7. The van der Waals surface area contributed by atoms with Gasteiger partial charge in [-0.3, -0.25) is 9.52 Å². The molecule has 0 radical (unpaired) electrons. The van der Waals surface area contributed by atoms with E-state index in [2.05, 4.69) is 51.2 Å². The third-order valence-corrected chi connectivity index (χ3v) is 6.64. The van der Waals surface area contributed by atoms with Crippen LogP contribution in [0.4, 0.5) is 5.82 Å². The van der Waals surface area contributed by atoms with Gasteiger partial charge < -0.3 is 14.8 Å². The van der Waals surface area contributed by atoms with E-state index in [4.69, 9.17) is 9.47 Å². The van der Waals surface area contributed by atoms with E-state index in [1.807, 2.05) is 19.1 Å².